The van der Waals surface area contributed by atoms with Crippen LogP contribution in [0.2, 0.25) is 0 Å². The van der Waals surface area contributed by atoms with Crippen LogP contribution >= 0.6 is 0 Å². The van der Waals surface area contributed by atoms with E-state index >= 15 is 0 Å². The molecule has 0 radical (unpaired) electrons. The van der Waals surface area contributed by atoms with E-state index < -0.39 is 0 Å². The minimum absolute atomic E-state index is 0.214. The van der Waals surface area contributed by atoms with Crippen LogP contribution in [0, 0.1) is 5.82 Å². The lowest BCUT2D eigenvalue weighted by Gasteiger charge is -2.05. The highest BCUT2D eigenvalue weighted by atomic mass is 19.1. The quantitative estimate of drug-likeness (QED) is 0.834. The van der Waals surface area contributed by atoms with Crippen molar-refractivity contribution in [1.82, 2.24) is 25.5 Å². The van der Waals surface area contributed by atoms with E-state index in [2.05, 4.69) is 20.8 Å². The molecular formula is C12H16FN5. The summed E-state index contributed by atoms with van der Waals surface area (Å²) >= 11 is 0. The molecule has 0 fully saturated rings. The first-order valence-corrected chi connectivity index (χ1v) is 6.00. The van der Waals surface area contributed by atoms with Gasteiger partial charge in [0.2, 0.25) is 0 Å². The van der Waals surface area contributed by atoms with Gasteiger partial charge in [0.25, 0.3) is 0 Å². The Morgan fingerprint density at radius 2 is 2.06 bits per heavy atom. The molecule has 0 spiro atoms. The summed E-state index contributed by atoms with van der Waals surface area (Å²) < 4.78 is 14.5. The summed E-state index contributed by atoms with van der Waals surface area (Å²) in [6, 6.07) is 6.50. The average Bonchev–Trinajstić information content (AvgIpc) is 2.83. The first kappa shape index (κ1) is 12.6. The van der Waals surface area contributed by atoms with Crippen molar-refractivity contribution in [2.45, 2.75) is 26.4 Å². The molecule has 0 saturated heterocycles. The van der Waals surface area contributed by atoms with Crippen molar-refractivity contribution in [3.05, 3.63) is 41.5 Å². The number of hydrogen-bond acceptors (Lipinski definition) is 4. The molecule has 0 unspecified atom stereocenters. The molecule has 0 atom stereocenters. The number of nitrogens with one attached hydrogen (secondary N) is 1. The van der Waals surface area contributed by atoms with Gasteiger partial charge < -0.3 is 5.32 Å². The fourth-order valence-corrected chi connectivity index (χ4v) is 1.65. The number of halogens is 1. The maximum atomic E-state index is 12.8. The Kier molecular flexibility index (Phi) is 4.35. The lowest BCUT2D eigenvalue weighted by atomic mass is 10.1. The molecule has 0 aliphatic rings. The second-order valence-corrected chi connectivity index (χ2v) is 3.98. The van der Waals surface area contributed by atoms with Gasteiger partial charge in [-0.1, -0.05) is 19.1 Å². The van der Waals surface area contributed by atoms with Crippen LogP contribution < -0.4 is 5.32 Å². The Labute approximate surface area is 105 Å². The monoisotopic (exact) mass is 249 g/mol. The van der Waals surface area contributed by atoms with Crippen molar-refractivity contribution >= 4 is 0 Å². The van der Waals surface area contributed by atoms with Crippen molar-refractivity contribution in [3.63, 3.8) is 0 Å². The molecule has 0 saturated carbocycles. The van der Waals surface area contributed by atoms with Crippen LogP contribution in [0.15, 0.2) is 24.3 Å². The normalized spacial score (nSPS) is 10.8. The number of aromatic nitrogens is 4. The van der Waals surface area contributed by atoms with Gasteiger partial charge in [-0.15, -0.1) is 5.10 Å². The van der Waals surface area contributed by atoms with Crippen LogP contribution in [0.5, 0.6) is 0 Å². The van der Waals surface area contributed by atoms with Crippen molar-refractivity contribution < 1.29 is 4.39 Å². The van der Waals surface area contributed by atoms with Crippen LogP contribution in [-0.4, -0.2) is 26.8 Å². The summed E-state index contributed by atoms with van der Waals surface area (Å²) in [7, 11) is 0. The first-order valence-electron chi connectivity index (χ1n) is 6.00. The molecule has 2 rings (SSSR count). The highest BCUT2D eigenvalue weighted by Gasteiger charge is 2.05. The smallest absolute Gasteiger partial charge is 0.165 e. The Morgan fingerprint density at radius 1 is 1.28 bits per heavy atom. The number of rotatable bonds is 6. The molecular weight excluding hydrogens is 233 g/mol. The molecule has 0 aliphatic carbocycles. The van der Waals surface area contributed by atoms with E-state index in [0.29, 0.717) is 13.1 Å². The van der Waals surface area contributed by atoms with E-state index in [9.17, 15) is 4.39 Å². The minimum Gasteiger partial charge on any atom is -0.310 e. The van der Waals surface area contributed by atoms with Crippen molar-refractivity contribution in [1.29, 1.82) is 0 Å². The van der Waals surface area contributed by atoms with Gasteiger partial charge in [0, 0.05) is 6.54 Å². The number of aryl methyl sites for hydroxylation is 2. The summed E-state index contributed by atoms with van der Waals surface area (Å²) in [5.41, 5.74) is 1.07. The fraction of sp³-hybridized carbons (Fsp3) is 0.417. The van der Waals surface area contributed by atoms with Gasteiger partial charge in [-0.3, -0.25) is 0 Å². The highest BCUT2D eigenvalue weighted by Crippen LogP contribution is 2.05. The van der Waals surface area contributed by atoms with Gasteiger partial charge in [0.1, 0.15) is 5.82 Å². The van der Waals surface area contributed by atoms with Crippen LogP contribution in [0.25, 0.3) is 0 Å². The molecule has 5 nitrogen and oxygen atoms in total. The van der Waals surface area contributed by atoms with Crippen LogP contribution in [0.1, 0.15) is 18.3 Å². The highest BCUT2D eigenvalue weighted by molar-refractivity contribution is 5.15. The topological polar surface area (TPSA) is 55.6 Å². The molecule has 18 heavy (non-hydrogen) atoms. The second kappa shape index (κ2) is 6.20. The third kappa shape index (κ3) is 3.33. The summed E-state index contributed by atoms with van der Waals surface area (Å²) in [4.78, 5) is 0. The van der Waals surface area contributed by atoms with Crippen LogP contribution in [0.3, 0.4) is 0 Å². The molecule has 1 heterocycles. The fourth-order valence-electron chi connectivity index (χ4n) is 1.65. The predicted octanol–water partition coefficient (Wildman–Crippen LogP) is 1.16. The Balaban J connectivity index is 1.93. The molecule has 2 aromatic rings. The van der Waals surface area contributed by atoms with Gasteiger partial charge in [-0.2, -0.15) is 0 Å². The second-order valence-electron chi connectivity index (χ2n) is 3.98. The third-order valence-electron chi connectivity index (χ3n) is 2.66. The van der Waals surface area contributed by atoms with Crippen molar-refractivity contribution in [2.24, 2.45) is 0 Å². The van der Waals surface area contributed by atoms with E-state index in [1.807, 2.05) is 6.92 Å². The number of hydrogen-bond donors (Lipinski definition) is 1. The number of nitrogens with zero attached hydrogens (tertiary/aromatic N) is 4. The van der Waals surface area contributed by atoms with Gasteiger partial charge >= 0.3 is 0 Å². The van der Waals surface area contributed by atoms with E-state index in [4.69, 9.17) is 0 Å². The van der Waals surface area contributed by atoms with Crippen LogP contribution in [0.4, 0.5) is 4.39 Å². The van der Waals surface area contributed by atoms with Gasteiger partial charge in [0.05, 0.1) is 6.54 Å². The first-order chi connectivity index (χ1) is 8.79. The SMILES string of the molecule is CCNCc1nnnn1CCc1ccc(F)cc1. The zero-order valence-corrected chi connectivity index (χ0v) is 10.3. The zero-order chi connectivity index (χ0) is 12.8. The van der Waals surface area contributed by atoms with Gasteiger partial charge in [-0.05, 0) is 41.1 Å². The average molecular weight is 249 g/mol. The zero-order valence-electron chi connectivity index (χ0n) is 10.3. The van der Waals surface area contributed by atoms with E-state index in [1.54, 1.807) is 16.8 Å². The maximum Gasteiger partial charge on any atom is 0.165 e. The van der Waals surface area contributed by atoms with Gasteiger partial charge in [0.15, 0.2) is 5.82 Å². The Bertz CT molecular complexity index is 479. The summed E-state index contributed by atoms with van der Waals surface area (Å²) in [5, 5.41) is 14.8. The number of tetrazole rings is 1. The minimum atomic E-state index is -0.214. The Hall–Kier alpha value is -1.82. The summed E-state index contributed by atoms with van der Waals surface area (Å²) in [6.07, 6.45) is 0.782. The largest absolute Gasteiger partial charge is 0.310 e. The van der Waals surface area contributed by atoms with E-state index in [-0.39, 0.29) is 5.82 Å². The van der Waals surface area contributed by atoms with Gasteiger partial charge in [-0.25, -0.2) is 9.07 Å². The summed E-state index contributed by atoms with van der Waals surface area (Å²) in [5.74, 6) is 0.605. The molecule has 0 amide bonds. The van der Waals surface area contributed by atoms with E-state index in [0.717, 1.165) is 24.4 Å². The molecule has 1 aromatic carbocycles. The molecule has 0 bridgehead atoms. The molecule has 1 aromatic heterocycles. The standard InChI is InChI=1S/C12H16FN5/c1-2-14-9-12-15-16-17-18(12)8-7-10-3-5-11(13)6-4-10/h3-6,14H,2,7-9H2,1H3. The molecule has 6 heteroatoms. The summed E-state index contributed by atoms with van der Waals surface area (Å²) in [6.45, 7) is 4.27. The lowest BCUT2D eigenvalue weighted by Crippen LogP contribution is -2.17. The molecule has 0 aliphatic heterocycles. The third-order valence-corrected chi connectivity index (χ3v) is 2.66. The van der Waals surface area contributed by atoms with Crippen molar-refractivity contribution in [3.8, 4) is 0 Å². The lowest BCUT2D eigenvalue weighted by molar-refractivity contribution is 0.545. The van der Waals surface area contributed by atoms with Crippen LogP contribution in [-0.2, 0) is 19.5 Å². The van der Waals surface area contributed by atoms with Crippen molar-refractivity contribution in [2.75, 3.05) is 6.54 Å². The Morgan fingerprint density at radius 3 is 2.78 bits per heavy atom. The molecule has 1 N–H and O–H groups in total. The maximum absolute atomic E-state index is 12.8. The molecule has 96 valence electrons. The number of benzene rings is 1. The van der Waals surface area contributed by atoms with E-state index in [1.165, 1.54) is 12.1 Å². The predicted molar refractivity (Wildman–Crippen MR) is 65.3 cm³/mol.